The van der Waals surface area contributed by atoms with Crippen molar-refractivity contribution in [3.63, 3.8) is 0 Å². The Morgan fingerprint density at radius 2 is 1.87 bits per heavy atom. The smallest absolute Gasteiger partial charge is 0.271 e. The first-order chi connectivity index (χ1) is 14.4. The first-order valence-corrected chi connectivity index (χ1v) is 10.3. The molecule has 2 heterocycles. The predicted molar refractivity (Wildman–Crippen MR) is 117 cm³/mol. The first kappa shape index (κ1) is 21.3. The van der Waals surface area contributed by atoms with E-state index in [1.807, 2.05) is 46.0 Å². The monoisotopic (exact) mass is 418 g/mol. The number of hydrazone groups is 1. The molecule has 3 aromatic rings. The van der Waals surface area contributed by atoms with Crippen LogP contribution in [0, 0.1) is 32.1 Å². The number of hydrogen-bond donors (Lipinski definition) is 1. The van der Waals surface area contributed by atoms with E-state index in [9.17, 15) is 4.79 Å². The number of aryl methyl sites for hydroxylation is 2. The van der Waals surface area contributed by atoms with E-state index < -0.39 is 0 Å². The molecule has 1 aromatic carbocycles. The second-order valence-corrected chi connectivity index (χ2v) is 7.80. The average Bonchev–Trinajstić information content (AvgIpc) is 3.00. The van der Waals surface area contributed by atoms with Crippen molar-refractivity contribution < 1.29 is 4.79 Å². The predicted octanol–water partition coefficient (Wildman–Crippen LogP) is 3.67. The zero-order valence-corrected chi connectivity index (χ0v) is 18.1. The van der Waals surface area contributed by atoms with Crippen molar-refractivity contribution in [3.8, 4) is 6.07 Å². The molecule has 0 aliphatic carbocycles. The van der Waals surface area contributed by atoms with Crippen LogP contribution in [0.2, 0.25) is 0 Å². The van der Waals surface area contributed by atoms with Gasteiger partial charge < -0.3 is 4.57 Å². The molecule has 0 saturated carbocycles. The van der Waals surface area contributed by atoms with Gasteiger partial charge in [0.1, 0.15) is 11.8 Å². The highest BCUT2D eigenvalue weighted by Crippen LogP contribution is 2.20. The Morgan fingerprint density at radius 3 is 2.47 bits per heavy atom. The van der Waals surface area contributed by atoms with Gasteiger partial charge in [-0.3, -0.25) is 4.79 Å². The number of benzene rings is 1. The Hall–Kier alpha value is -3.44. The summed E-state index contributed by atoms with van der Waals surface area (Å²) in [7, 11) is 1.82. The summed E-state index contributed by atoms with van der Waals surface area (Å²) < 4.78 is 1.78. The van der Waals surface area contributed by atoms with Crippen LogP contribution >= 0.6 is 11.8 Å². The van der Waals surface area contributed by atoms with E-state index in [0.29, 0.717) is 11.3 Å². The number of aromatic nitrogens is 3. The molecule has 2 aromatic heterocycles. The number of nitrogens with zero attached hydrogens (tertiary/aromatic N) is 5. The lowest BCUT2D eigenvalue weighted by Gasteiger charge is -2.05. The summed E-state index contributed by atoms with van der Waals surface area (Å²) in [4.78, 5) is 21.2. The van der Waals surface area contributed by atoms with Gasteiger partial charge in [-0.25, -0.2) is 15.4 Å². The molecular formula is C22H22N6OS. The molecule has 0 radical (unpaired) electrons. The van der Waals surface area contributed by atoms with Crippen molar-refractivity contribution >= 4 is 23.9 Å². The van der Waals surface area contributed by atoms with Gasteiger partial charge in [-0.1, -0.05) is 23.9 Å². The molecule has 30 heavy (non-hydrogen) atoms. The summed E-state index contributed by atoms with van der Waals surface area (Å²) in [6.45, 7) is 5.80. The second kappa shape index (κ2) is 9.37. The van der Waals surface area contributed by atoms with E-state index >= 15 is 0 Å². The van der Waals surface area contributed by atoms with Gasteiger partial charge in [0.2, 0.25) is 0 Å². The quantitative estimate of drug-likeness (QED) is 0.285. The maximum atomic E-state index is 12.3. The number of rotatable bonds is 6. The molecule has 8 heteroatoms. The molecule has 0 aliphatic heterocycles. The van der Waals surface area contributed by atoms with E-state index in [0.717, 1.165) is 39.1 Å². The van der Waals surface area contributed by atoms with Crippen LogP contribution in [-0.2, 0) is 12.8 Å². The third-order valence-electron chi connectivity index (χ3n) is 4.60. The van der Waals surface area contributed by atoms with Gasteiger partial charge >= 0.3 is 0 Å². The number of carbonyl (C=O) groups excluding carboxylic acids is 1. The van der Waals surface area contributed by atoms with Gasteiger partial charge in [-0.15, -0.1) is 0 Å². The van der Waals surface area contributed by atoms with Gasteiger partial charge in [0, 0.05) is 41.0 Å². The van der Waals surface area contributed by atoms with E-state index in [1.165, 1.54) is 0 Å². The molecule has 0 saturated heterocycles. The highest BCUT2D eigenvalue weighted by Gasteiger charge is 2.08. The molecule has 3 rings (SSSR count). The van der Waals surface area contributed by atoms with Crippen molar-refractivity contribution in [2.45, 2.75) is 31.7 Å². The first-order valence-electron chi connectivity index (χ1n) is 9.31. The van der Waals surface area contributed by atoms with Gasteiger partial charge in [-0.05, 0) is 50.6 Å². The van der Waals surface area contributed by atoms with Crippen molar-refractivity contribution in [3.05, 3.63) is 75.9 Å². The van der Waals surface area contributed by atoms with Crippen LogP contribution in [0.5, 0.6) is 0 Å². The summed E-state index contributed by atoms with van der Waals surface area (Å²) in [5.41, 5.74) is 8.25. The van der Waals surface area contributed by atoms with Crippen molar-refractivity contribution in [1.82, 2.24) is 20.0 Å². The Bertz CT molecular complexity index is 1120. The van der Waals surface area contributed by atoms with E-state index in [2.05, 4.69) is 26.6 Å². The molecule has 0 fully saturated rings. The molecule has 7 nitrogen and oxygen atoms in total. The Kier molecular flexibility index (Phi) is 6.65. The SMILES string of the molecule is Cc1cc(C)nc(SCc2ccc(C(=O)N/N=C\c3cc(C#N)n(C)c3C)cc2)n1. The van der Waals surface area contributed by atoms with E-state index in [-0.39, 0.29) is 5.91 Å². The van der Waals surface area contributed by atoms with Crippen LogP contribution in [0.3, 0.4) is 0 Å². The molecule has 1 N–H and O–H groups in total. The Labute approximate surface area is 179 Å². The largest absolute Gasteiger partial charge is 0.339 e. The van der Waals surface area contributed by atoms with Gasteiger partial charge in [0.15, 0.2) is 5.16 Å². The van der Waals surface area contributed by atoms with Gasteiger partial charge in [-0.2, -0.15) is 10.4 Å². The lowest BCUT2D eigenvalue weighted by Crippen LogP contribution is -2.17. The van der Waals surface area contributed by atoms with Crippen LogP contribution < -0.4 is 5.43 Å². The average molecular weight is 419 g/mol. The molecule has 0 atom stereocenters. The molecule has 0 bridgehead atoms. The number of thioether (sulfide) groups is 1. The molecular weight excluding hydrogens is 396 g/mol. The molecule has 152 valence electrons. The fourth-order valence-electron chi connectivity index (χ4n) is 2.84. The summed E-state index contributed by atoms with van der Waals surface area (Å²) in [6.07, 6.45) is 1.54. The third kappa shape index (κ3) is 5.13. The molecule has 0 spiro atoms. The van der Waals surface area contributed by atoms with Gasteiger partial charge in [0.05, 0.1) is 6.21 Å². The Balaban J connectivity index is 1.58. The number of amides is 1. The Morgan fingerprint density at radius 1 is 1.20 bits per heavy atom. The molecule has 0 unspecified atom stereocenters. The zero-order valence-electron chi connectivity index (χ0n) is 17.3. The van der Waals surface area contributed by atoms with Crippen LogP contribution in [0.25, 0.3) is 0 Å². The standard InChI is InChI=1S/C22H22N6OS/c1-14-9-15(2)26-22(25-14)30-13-17-5-7-18(8-6-17)21(29)27-24-12-19-10-20(11-23)28(4)16(19)3/h5-10,12H,13H2,1-4H3,(H,27,29)/b24-12-. The number of hydrogen-bond acceptors (Lipinski definition) is 6. The summed E-state index contributed by atoms with van der Waals surface area (Å²) >= 11 is 1.56. The van der Waals surface area contributed by atoms with Crippen LogP contribution in [0.4, 0.5) is 0 Å². The summed E-state index contributed by atoms with van der Waals surface area (Å²) in [5.74, 6) is 0.425. The van der Waals surface area contributed by atoms with E-state index in [1.54, 1.807) is 40.7 Å². The van der Waals surface area contributed by atoms with Crippen LogP contribution in [0.15, 0.2) is 46.7 Å². The molecule has 0 aliphatic rings. The van der Waals surface area contributed by atoms with Crippen molar-refractivity contribution in [2.24, 2.45) is 12.1 Å². The maximum absolute atomic E-state index is 12.3. The lowest BCUT2D eigenvalue weighted by atomic mass is 10.1. The fourth-order valence-corrected chi connectivity index (χ4v) is 3.75. The molecule has 1 amide bonds. The fraction of sp³-hybridized carbons (Fsp3) is 0.227. The lowest BCUT2D eigenvalue weighted by molar-refractivity contribution is 0.0955. The highest BCUT2D eigenvalue weighted by atomic mass is 32.2. The van der Waals surface area contributed by atoms with Crippen molar-refractivity contribution in [1.29, 1.82) is 5.26 Å². The minimum atomic E-state index is -0.294. The number of nitriles is 1. The minimum absolute atomic E-state index is 0.294. The van der Waals surface area contributed by atoms with E-state index in [4.69, 9.17) is 5.26 Å². The van der Waals surface area contributed by atoms with Crippen molar-refractivity contribution in [2.75, 3.05) is 0 Å². The summed E-state index contributed by atoms with van der Waals surface area (Å²) in [5, 5.41) is 13.8. The number of carbonyl (C=O) groups is 1. The zero-order chi connectivity index (χ0) is 21.7. The minimum Gasteiger partial charge on any atom is -0.339 e. The van der Waals surface area contributed by atoms with Crippen LogP contribution in [0.1, 0.15) is 44.3 Å². The topological polar surface area (TPSA) is 96.0 Å². The van der Waals surface area contributed by atoms with Crippen LogP contribution in [-0.4, -0.2) is 26.7 Å². The third-order valence-corrected chi connectivity index (χ3v) is 5.52. The summed E-state index contributed by atoms with van der Waals surface area (Å²) in [6, 6.07) is 13.2. The normalized spacial score (nSPS) is 10.9. The maximum Gasteiger partial charge on any atom is 0.271 e. The highest BCUT2D eigenvalue weighted by molar-refractivity contribution is 7.98. The van der Waals surface area contributed by atoms with Gasteiger partial charge in [0.25, 0.3) is 5.91 Å². The number of nitrogens with one attached hydrogen (secondary N) is 1. The second-order valence-electron chi connectivity index (χ2n) is 6.86.